The van der Waals surface area contributed by atoms with Gasteiger partial charge in [0, 0.05) is 5.70 Å². The number of thioether (sulfide) groups is 1. The number of methoxy groups -OCH3 is 1. The summed E-state index contributed by atoms with van der Waals surface area (Å²) >= 11 is 1.52. The topological polar surface area (TPSA) is 107 Å². The van der Waals surface area contributed by atoms with Crippen molar-refractivity contribution in [3.05, 3.63) is 70.9 Å². The van der Waals surface area contributed by atoms with Crippen LogP contribution in [0.15, 0.2) is 65.0 Å². The summed E-state index contributed by atoms with van der Waals surface area (Å²) in [7, 11) is 1.34. The number of nitrogens with one attached hydrogen (secondary N) is 2. The Hall–Kier alpha value is -3.79. The normalized spacial score (nSPS) is 14.7. The Kier molecular flexibility index (Phi) is 7.40. The number of allylic oxidation sites excluding steroid dienone is 1. The van der Waals surface area contributed by atoms with Crippen molar-refractivity contribution >= 4 is 35.3 Å². The number of fused-ring (bicyclic) bond motifs is 1. The van der Waals surface area contributed by atoms with Gasteiger partial charge >= 0.3 is 5.97 Å². The number of anilines is 2. The molecule has 2 aromatic carbocycles. The van der Waals surface area contributed by atoms with Gasteiger partial charge in [-0.15, -0.1) is 5.10 Å². The highest BCUT2D eigenvalue weighted by Crippen LogP contribution is 2.37. The minimum Gasteiger partial charge on any atom is -0.492 e. The molecule has 182 valence electrons. The molecule has 1 unspecified atom stereocenters. The number of carbonyl (C=O) groups is 2. The summed E-state index contributed by atoms with van der Waals surface area (Å²) in [6.45, 7) is 6.23. The lowest BCUT2D eigenvalue weighted by atomic mass is 9.94. The number of nitrogens with zero attached hydrogens (tertiary/aromatic N) is 3. The Morgan fingerprint density at radius 3 is 2.57 bits per heavy atom. The average molecular weight is 494 g/mol. The molecule has 1 atom stereocenters. The minimum absolute atomic E-state index is 0.296. The van der Waals surface area contributed by atoms with E-state index in [0.717, 1.165) is 11.3 Å². The number of carbonyl (C=O) groups excluding carboxylic acids is 2. The van der Waals surface area contributed by atoms with Crippen LogP contribution < -0.4 is 15.4 Å². The van der Waals surface area contributed by atoms with Crippen molar-refractivity contribution in [3.8, 4) is 5.75 Å². The largest absolute Gasteiger partial charge is 0.492 e. The van der Waals surface area contributed by atoms with Gasteiger partial charge in [0.15, 0.2) is 0 Å². The Morgan fingerprint density at radius 1 is 1.14 bits per heavy atom. The van der Waals surface area contributed by atoms with Crippen molar-refractivity contribution in [2.24, 2.45) is 0 Å². The number of benzene rings is 2. The third-order valence-corrected chi connectivity index (χ3v) is 6.15. The van der Waals surface area contributed by atoms with Gasteiger partial charge in [-0.3, -0.25) is 4.79 Å². The molecule has 0 fully saturated rings. The number of aromatic nitrogens is 3. The Balaban J connectivity index is 1.76. The highest BCUT2D eigenvalue weighted by atomic mass is 32.2. The third kappa shape index (κ3) is 5.02. The van der Waals surface area contributed by atoms with Gasteiger partial charge in [-0.1, -0.05) is 43.0 Å². The molecule has 10 heteroatoms. The molecule has 1 aromatic heterocycles. The lowest BCUT2D eigenvalue weighted by Crippen LogP contribution is -2.31. The molecule has 0 saturated carbocycles. The maximum Gasteiger partial charge on any atom is 0.337 e. The minimum atomic E-state index is -0.559. The van der Waals surface area contributed by atoms with E-state index < -0.39 is 12.0 Å². The number of amides is 1. The van der Waals surface area contributed by atoms with E-state index in [1.54, 1.807) is 35.0 Å². The smallest absolute Gasteiger partial charge is 0.337 e. The molecule has 1 aliphatic rings. The molecule has 4 rings (SSSR count). The summed E-state index contributed by atoms with van der Waals surface area (Å²) < 4.78 is 12.2. The van der Waals surface area contributed by atoms with Gasteiger partial charge in [-0.05, 0) is 49.4 Å². The van der Waals surface area contributed by atoms with Crippen molar-refractivity contribution in [2.45, 2.75) is 32.0 Å². The van der Waals surface area contributed by atoms with Gasteiger partial charge in [0.1, 0.15) is 11.8 Å². The highest BCUT2D eigenvalue weighted by Gasteiger charge is 2.34. The number of hydrogen-bond donors (Lipinski definition) is 2. The molecule has 1 amide bonds. The first-order valence-corrected chi connectivity index (χ1v) is 12.2. The van der Waals surface area contributed by atoms with E-state index in [1.165, 1.54) is 18.9 Å². The molecular weight excluding hydrogens is 466 g/mol. The van der Waals surface area contributed by atoms with Crippen LogP contribution in [0, 0.1) is 0 Å². The molecule has 0 bridgehead atoms. The second kappa shape index (κ2) is 10.6. The molecule has 0 aliphatic carbocycles. The summed E-state index contributed by atoms with van der Waals surface area (Å²) in [4.78, 5) is 30.2. The zero-order chi connectivity index (χ0) is 24.9. The van der Waals surface area contributed by atoms with E-state index >= 15 is 0 Å². The number of esters is 1. The van der Waals surface area contributed by atoms with Crippen LogP contribution in [0.2, 0.25) is 0 Å². The predicted molar refractivity (Wildman–Crippen MR) is 135 cm³/mol. The van der Waals surface area contributed by atoms with Gasteiger partial charge in [0.05, 0.1) is 30.5 Å². The number of rotatable bonds is 8. The molecule has 2 heterocycles. The molecule has 35 heavy (non-hydrogen) atoms. The van der Waals surface area contributed by atoms with Crippen LogP contribution in [-0.4, -0.2) is 46.1 Å². The van der Waals surface area contributed by atoms with Crippen LogP contribution in [0.5, 0.6) is 5.75 Å². The van der Waals surface area contributed by atoms with Crippen molar-refractivity contribution in [1.82, 2.24) is 14.8 Å². The van der Waals surface area contributed by atoms with Gasteiger partial charge in [0.2, 0.25) is 11.1 Å². The van der Waals surface area contributed by atoms with Crippen LogP contribution in [0.1, 0.15) is 42.7 Å². The zero-order valence-corrected chi connectivity index (χ0v) is 20.8. The summed E-state index contributed by atoms with van der Waals surface area (Å²) in [5.41, 5.74) is 2.91. The van der Waals surface area contributed by atoms with Crippen LogP contribution >= 0.6 is 11.8 Å². The summed E-state index contributed by atoms with van der Waals surface area (Å²) in [5.74, 6) is 1.23. The first-order valence-electron chi connectivity index (χ1n) is 11.2. The molecule has 3 aromatic rings. The number of ether oxygens (including phenoxy) is 2. The van der Waals surface area contributed by atoms with Crippen molar-refractivity contribution < 1.29 is 19.1 Å². The molecule has 0 radical (unpaired) electrons. The molecule has 2 N–H and O–H groups in total. The molecule has 0 spiro atoms. The summed E-state index contributed by atoms with van der Waals surface area (Å²) in [6, 6.07) is 13.7. The Bertz CT molecular complexity index is 1270. The average Bonchev–Trinajstić information content (AvgIpc) is 3.26. The van der Waals surface area contributed by atoms with Crippen molar-refractivity contribution in [2.75, 3.05) is 30.1 Å². The SMILES string of the molecule is CCOc1ccccc1NC(=O)C1=C(C)Nc2nc(SCC)nn2C1c1ccc(C(=O)OC)cc1. The molecule has 9 nitrogen and oxygen atoms in total. The Morgan fingerprint density at radius 2 is 1.89 bits per heavy atom. The first-order chi connectivity index (χ1) is 17.0. The molecular formula is C25H27N5O4S. The fourth-order valence-electron chi connectivity index (χ4n) is 3.88. The van der Waals surface area contributed by atoms with Crippen LogP contribution in [0.4, 0.5) is 11.6 Å². The van der Waals surface area contributed by atoms with Crippen LogP contribution in [0.3, 0.4) is 0 Å². The maximum atomic E-state index is 13.7. The van der Waals surface area contributed by atoms with E-state index in [0.29, 0.717) is 46.0 Å². The maximum absolute atomic E-state index is 13.7. The molecule has 0 saturated heterocycles. The number of hydrogen-bond acceptors (Lipinski definition) is 8. The standard InChI is InChI=1S/C25H27N5O4S/c1-5-34-19-10-8-7-9-18(19)27-22(31)20-15(3)26-24-28-25(35-6-2)29-30(24)21(20)16-11-13-17(14-12-16)23(32)33-4/h7-14,21H,5-6H2,1-4H3,(H,27,31)(H,26,28,29). The fourth-order valence-corrected chi connectivity index (χ4v) is 4.44. The first kappa shape index (κ1) is 24.3. The lowest BCUT2D eigenvalue weighted by Gasteiger charge is -2.29. The zero-order valence-electron chi connectivity index (χ0n) is 20.0. The predicted octanol–water partition coefficient (Wildman–Crippen LogP) is 4.50. The van der Waals surface area contributed by atoms with E-state index in [2.05, 4.69) is 20.7 Å². The monoisotopic (exact) mass is 493 g/mol. The van der Waals surface area contributed by atoms with E-state index in [9.17, 15) is 9.59 Å². The summed E-state index contributed by atoms with van der Waals surface area (Å²) in [6.07, 6.45) is 0. The van der Waals surface area contributed by atoms with E-state index in [4.69, 9.17) is 9.47 Å². The second-order valence-corrected chi connectivity index (χ2v) is 8.89. The van der Waals surface area contributed by atoms with E-state index in [-0.39, 0.29) is 5.91 Å². The van der Waals surface area contributed by atoms with Crippen molar-refractivity contribution in [3.63, 3.8) is 0 Å². The molecule has 1 aliphatic heterocycles. The van der Waals surface area contributed by atoms with Crippen molar-refractivity contribution in [1.29, 1.82) is 0 Å². The second-order valence-electron chi connectivity index (χ2n) is 7.66. The van der Waals surface area contributed by atoms with Crippen LogP contribution in [0.25, 0.3) is 0 Å². The highest BCUT2D eigenvalue weighted by molar-refractivity contribution is 7.99. The van der Waals surface area contributed by atoms with Gasteiger partial charge in [0.25, 0.3) is 5.91 Å². The summed E-state index contributed by atoms with van der Waals surface area (Å²) in [5, 5.41) is 11.5. The van der Waals surface area contributed by atoms with Gasteiger partial charge in [-0.25, -0.2) is 9.48 Å². The third-order valence-electron chi connectivity index (χ3n) is 5.43. The quantitative estimate of drug-likeness (QED) is 0.349. The van der Waals surface area contributed by atoms with Gasteiger partial charge in [-0.2, -0.15) is 4.98 Å². The van der Waals surface area contributed by atoms with Crippen LogP contribution in [-0.2, 0) is 9.53 Å². The van der Waals surface area contributed by atoms with Gasteiger partial charge < -0.3 is 20.1 Å². The lowest BCUT2D eigenvalue weighted by molar-refractivity contribution is -0.113. The fraction of sp³-hybridized carbons (Fsp3) is 0.280. The van der Waals surface area contributed by atoms with E-state index in [1.807, 2.05) is 39.0 Å². The Labute approximate surface area is 207 Å². The number of para-hydroxylation sites is 2.